The molecule has 0 radical (unpaired) electrons. The Labute approximate surface area is 86.8 Å². The van der Waals surface area contributed by atoms with Gasteiger partial charge in [0, 0.05) is 6.54 Å². The highest BCUT2D eigenvalue weighted by Crippen LogP contribution is 2.29. The number of nitrogens with one attached hydrogen (secondary N) is 1. The van der Waals surface area contributed by atoms with Gasteiger partial charge in [-0.3, -0.25) is 0 Å². The summed E-state index contributed by atoms with van der Waals surface area (Å²) >= 11 is 0. The Morgan fingerprint density at radius 1 is 1.67 bits per heavy atom. The Morgan fingerprint density at radius 2 is 2.47 bits per heavy atom. The predicted molar refractivity (Wildman–Crippen MR) is 55.4 cm³/mol. The van der Waals surface area contributed by atoms with Gasteiger partial charge in [0.15, 0.2) is 0 Å². The average Bonchev–Trinajstić information content (AvgIpc) is 2.27. The van der Waals surface area contributed by atoms with Crippen LogP contribution in [0.4, 0.5) is 5.69 Å². The van der Waals surface area contributed by atoms with Crippen molar-refractivity contribution < 1.29 is 14.6 Å². The van der Waals surface area contributed by atoms with Crippen molar-refractivity contribution in [3.63, 3.8) is 0 Å². The van der Waals surface area contributed by atoms with Gasteiger partial charge in [0.2, 0.25) is 0 Å². The first-order valence-corrected chi connectivity index (χ1v) is 4.67. The monoisotopic (exact) mass is 208 g/mol. The molecular formula is C10H12N2O3. The molecule has 5 heteroatoms. The van der Waals surface area contributed by atoms with Gasteiger partial charge in [0.25, 0.3) is 0 Å². The summed E-state index contributed by atoms with van der Waals surface area (Å²) in [5, 5.41) is 11.9. The van der Waals surface area contributed by atoms with Crippen LogP contribution < -0.4 is 15.8 Å². The van der Waals surface area contributed by atoms with E-state index in [-0.39, 0.29) is 11.6 Å². The topological polar surface area (TPSA) is 84.6 Å². The predicted octanol–water partition coefficient (Wildman–Crippen LogP) is 0.516. The summed E-state index contributed by atoms with van der Waals surface area (Å²) in [6, 6.07) is 4.77. The third-order valence-electron chi connectivity index (χ3n) is 2.31. The first kappa shape index (κ1) is 9.79. The van der Waals surface area contributed by atoms with E-state index in [1.807, 2.05) is 0 Å². The molecule has 1 unspecified atom stereocenters. The van der Waals surface area contributed by atoms with E-state index < -0.39 is 5.97 Å². The number of carbonyl (C=O) groups is 1. The van der Waals surface area contributed by atoms with Gasteiger partial charge in [-0.15, -0.1) is 0 Å². The molecule has 1 heterocycles. The largest absolute Gasteiger partial charge is 0.489 e. The zero-order valence-corrected chi connectivity index (χ0v) is 8.06. The van der Waals surface area contributed by atoms with Crippen LogP contribution in [0.15, 0.2) is 18.2 Å². The second kappa shape index (κ2) is 3.78. The molecule has 0 bridgehead atoms. The van der Waals surface area contributed by atoms with Gasteiger partial charge in [-0.25, -0.2) is 4.79 Å². The Balaban J connectivity index is 2.30. The molecule has 1 aliphatic heterocycles. The zero-order valence-electron chi connectivity index (χ0n) is 8.06. The number of aromatic carboxylic acids is 1. The van der Waals surface area contributed by atoms with Crippen molar-refractivity contribution >= 4 is 11.7 Å². The van der Waals surface area contributed by atoms with Crippen molar-refractivity contribution in [2.75, 3.05) is 18.5 Å². The third kappa shape index (κ3) is 1.87. The van der Waals surface area contributed by atoms with Gasteiger partial charge in [-0.05, 0) is 18.2 Å². The van der Waals surface area contributed by atoms with Crippen molar-refractivity contribution in [3.05, 3.63) is 23.8 Å². The van der Waals surface area contributed by atoms with E-state index in [9.17, 15) is 4.79 Å². The minimum atomic E-state index is -0.950. The Kier molecular flexibility index (Phi) is 2.47. The van der Waals surface area contributed by atoms with Gasteiger partial charge < -0.3 is 20.9 Å². The number of benzene rings is 1. The van der Waals surface area contributed by atoms with Crippen molar-refractivity contribution in [1.29, 1.82) is 0 Å². The van der Waals surface area contributed by atoms with E-state index in [0.717, 1.165) is 0 Å². The number of anilines is 1. The lowest BCUT2D eigenvalue weighted by molar-refractivity contribution is 0.0697. The van der Waals surface area contributed by atoms with Crippen LogP contribution in [0.3, 0.4) is 0 Å². The summed E-state index contributed by atoms with van der Waals surface area (Å²) in [7, 11) is 0. The summed E-state index contributed by atoms with van der Waals surface area (Å²) in [5.41, 5.74) is 6.43. The minimum absolute atomic E-state index is 0.0431. The highest BCUT2D eigenvalue weighted by atomic mass is 16.5. The van der Waals surface area contributed by atoms with Gasteiger partial charge in [0.1, 0.15) is 12.4 Å². The Hall–Kier alpha value is -1.75. The number of hydrogen-bond acceptors (Lipinski definition) is 4. The van der Waals surface area contributed by atoms with E-state index in [4.69, 9.17) is 15.6 Å². The van der Waals surface area contributed by atoms with Crippen molar-refractivity contribution in [1.82, 2.24) is 0 Å². The fourth-order valence-corrected chi connectivity index (χ4v) is 1.48. The van der Waals surface area contributed by atoms with E-state index in [0.29, 0.717) is 24.6 Å². The molecular weight excluding hydrogens is 196 g/mol. The van der Waals surface area contributed by atoms with Gasteiger partial charge >= 0.3 is 5.97 Å². The van der Waals surface area contributed by atoms with Crippen LogP contribution in [0.1, 0.15) is 10.4 Å². The number of nitrogens with two attached hydrogens (primary N) is 1. The summed E-state index contributed by atoms with van der Waals surface area (Å²) in [6.45, 7) is 0.965. The fraction of sp³-hybridized carbons (Fsp3) is 0.300. The van der Waals surface area contributed by atoms with Crippen LogP contribution >= 0.6 is 0 Å². The van der Waals surface area contributed by atoms with E-state index in [2.05, 4.69) is 5.32 Å². The molecule has 1 aliphatic rings. The molecule has 0 aromatic heterocycles. The number of rotatable bonds is 2. The number of carboxylic acids is 1. The molecule has 1 aromatic carbocycles. The first-order chi connectivity index (χ1) is 7.20. The number of carboxylic acid groups (broad SMARTS) is 1. The number of hydrogen-bond donors (Lipinski definition) is 3. The normalized spacial score (nSPS) is 18.6. The van der Waals surface area contributed by atoms with E-state index in [1.54, 1.807) is 12.1 Å². The second-order valence-corrected chi connectivity index (χ2v) is 3.40. The SMILES string of the molecule is NCC1COc2ccc(C(=O)O)cc2N1. The van der Waals surface area contributed by atoms with Crippen LogP contribution in [-0.4, -0.2) is 30.3 Å². The molecule has 0 aliphatic carbocycles. The maximum Gasteiger partial charge on any atom is 0.335 e. The van der Waals surface area contributed by atoms with E-state index in [1.165, 1.54) is 6.07 Å². The molecule has 0 saturated carbocycles. The van der Waals surface area contributed by atoms with Gasteiger partial charge in [-0.2, -0.15) is 0 Å². The van der Waals surface area contributed by atoms with E-state index >= 15 is 0 Å². The molecule has 1 atom stereocenters. The maximum absolute atomic E-state index is 10.7. The number of ether oxygens (including phenoxy) is 1. The molecule has 1 aromatic rings. The molecule has 2 rings (SSSR count). The van der Waals surface area contributed by atoms with Crippen LogP contribution in [0.25, 0.3) is 0 Å². The summed E-state index contributed by atoms with van der Waals surface area (Å²) < 4.78 is 5.43. The quantitative estimate of drug-likeness (QED) is 0.659. The lowest BCUT2D eigenvalue weighted by atomic mass is 10.1. The standard InChI is InChI=1S/C10H12N2O3/c11-4-7-5-15-9-2-1-6(10(13)14)3-8(9)12-7/h1-3,7,12H,4-5,11H2,(H,13,14). The molecule has 5 nitrogen and oxygen atoms in total. The van der Waals surface area contributed by atoms with Crippen molar-refractivity contribution in [2.45, 2.75) is 6.04 Å². The maximum atomic E-state index is 10.7. The van der Waals surface area contributed by atoms with Crippen molar-refractivity contribution in [2.24, 2.45) is 5.73 Å². The highest BCUT2D eigenvalue weighted by molar-refractivity contribution is 5.89. The third-order valence-corrected chi connectivity index (χ3v) is 2.31. The molecule has 0 amide bonds. The lowest BCUT2D eigenvalue weighted by Crippen LogP contribution is -2.37. The summed E-state index contributed by atoms with van der Waals surface area (Å²) in [5.74, 6) is -0.279. The van der Waals surface area contributed by atoms with Crippen LogP contribution in [-0.2, 0) is 0 Å². The summed E-state index contributed by atoms with van der Waals surface area (Å²) in [4.78, 5) is 10.7. The van der Waals surface area contributed by atoms with Gasteiger partial charge in [0.05, 0.1) is 17.3 Å². The second-order valence-electron chi connectivity index (χ2n) is 3.40. The van der Waals surface area contributed by atoms with Crippen molar-refractivity contribution in [3.8, 4) is 5.75 Å². The average molecular weight is 208 g/mol. The molecule has 0 spiro atoms. The zero-order chi connectivity index (χ0) is 10.8. The molecule has 15 heavy (non-hydrogen) atoms. The molecule has 4 N–H and O–H groups in total. The first-order valence-electron chi connectivity index (χ1n) is 4.67. The number of fused-ring (bicyclic) bond motifs is 1. The Bertz CT molecular complexity index is 392. The minimum Gasteiger partial charge on any atom is -0.489 e. The van der Waals surface area contributed by atoms with Crippen LogP contribution in [0.5, 0.6) is 5.75 Å². The molecule has 0 saturated heterocycles. The Morgan fingerprint density at radius 3 is 3.13 bits per heavy atom. The van der Waals surface area contributed by atoms with Crippen LogP contribution in [0, 0.1) is 0 Å². The fourth-order valence-electron chi connectivity index (χ4n) is 1.48. The van der Waals surface area contributed by atoms with Gasteiger partial charge in [-0.1, -0.05) is 0 Å². The smallest absolute Gasteiger partial charge is 0.335 e. The highest BCUT2D eigenvalue weighted by Gasteiger charge is 2.18. The lowest BCUT2D eigenvalue weighted by Gasteiger charge is -2.26. The van der Waals surface area contributed by atoms with Crippen LogP contribution in [0.2, 0.25) is 0 Å². The molecule has 80 valence electrons. The molecule has 0 fully saturated rings. The summed E-state index contributed by atoms with van der Waals surface area (Å²) in [6.07, 6.45) is 0.